The Morgan fingerprint density at radius 3 is 2.89 bits per heavy atom. The normalized spacial score (nSPS) is 20.0. The molecule has 0 saturated heterocycles. The number of hydrogen-bond acceptors (Lipinski definition) is 10. The number of para-hydroxylation sites is 1. The molecule has 0 spiro atoms. The van der Waals surface area contributed by atoms with Gasteiger partial charge in [0.2, 0.25) is 5.78 Å². The van der Waals surface area contributed by atoms with Crippen LogP contribution in [0.3, 0.4) is 0 Å². The van der Waals surface area contributed by atoms with E-state index in [2.05, 4.69) is 19.5 Å². The molecular weight excluding hydrogens is 492 g/mol. The lowest BCUT2D eigenvalue weighted by Gasteiger charge is -2.15. The zero-order valence-electron chi connectivity index (χ0n) is 19.0. The van der Waals surface area contributed by atoms with E-state index in [1.165, 1.54) is 23.9 Å². The third-order valence-corrected chi connectivity index (χ3v) is 7.21. The molecule has 1 aromatic carbocycles. The van der Waals surface area contributed by atoms with Crippen LogP contribution >= 0.6 is 11.3 Å². The number of benzene rings is 1. The number of aryl methyl sites for hydroxylation is 1. The molecule has 2 heterocycles. The van der Waals surface area contributed by atoms with Crippen molar-refractivity contribution in [3.63, 3.8) is 0 Å². The first-order valence-corrected chi connectivity index (χ1v) is 13.3. The van der Waals surface area contributed by atoms with Crippen molar-refractivity contribution in [3.05, 3.63) is 69.8 Å². The number of aliphatic hydroxyl groups is 1. The second-order valence-corrected chi connectivity index (χ2v) is 10.5. The van der Waals surface area contributed by atoms with E-state index in [0.717, 1.165) is 16.9 Å². The van der Waals surface area contributed by atoms with Gasteiger partial charge in [0.15, 0.2) is 0 Å². The molecule has 35 heavy (non-hydrogen) atoms. The first kappa shape index (κ1) is 25.2. The quantitative estimate of drug-likeness (QED) is 0.343. The Hall–Kier alpha value is -2.90. The predicted octanol–water partition coefficient (Wildman–Crippen LogP) is 2.43. The molecule has 10 nitrogen and oxygen atoms in total. The van der Waals surface area contributed by atoms with Crippen molar-refractivity contribution in [2.75, 3.05) is 11.9 Å². The van der Waals surface area contributed by atoms with Crippen LogP contribution in [0.4, 0.5) is 5.82 Å². The lowest BCUT2D eigenvalue weighted by Crippen LogP contribution is -2.24. The molecule has 0 bridgehead atoms. The van der Waals surface area contributed by atoms with E-state index in [9.17, 15) is 18.3 Å². The number of nitrogens with zero attached hydrogens (tertiary/aromatic N) is 2. The number of nitrogens with two attached hydrogens (primary N) is 1. The van der Waals surface area contributed by atoms with Crippen molar-refractivity contribution < 1.29 is 27.2 Å². The van der Waals surface area contributed by atoms with Gasteiger partial charge < -0.3 is 15.2 Å². The highest BCUT2D eigenvalue weighted by Crippen LogP contribution is 2.30. The summed E-state index contributed by atoms with van der Waals surface area (Å²) in [6, 6.07) is 9.29. The van der Waals surface area contributed by atoms with Crippen LogP contribution in [-0.4, -0.2) is 48.0 Å². The Morgan fingerprint density at radius 2 is 2.11 bits per heavy atom. The summed E-state index contributed by atoms with van der Waals surface area (Å²) in [5.74, 6) is 0.496. The lowest BCUT2D eigenvalue weighted by molar-refractivity contribution is 0.101. The number of carbonyl (C=O) groups is 1. The van der Waals surface area contributed by atoms with E-state index in [0.29, 0.717) is 35.7 Å². The van der Waals surface area contributed by atoms with Gasteiger partial charge in [0.05, 0.1) is 23.2 Å². The maximum atomic E-state index is 13.2. The Morgan fingerprint density at radius 1 is 1.31 bits per heavy atom. The molecular formula is C23H26N4O6S2. The van der Waals surface area contributed by atoms with Crippen molar-refractivity contribution in [3.8, 4) is 5.75 Å². The van der Waals surface area contributed by atoms with Crippen molar-refractivity contribution in [1.82, 2.24) is 9.97 Å². The van der Waals surface area contributed by atoms with Gasteiger partial charge >= 0.3 is 10.3 Å². The zero-order valence-corrected chi connectivity index (χ0v) is 20.6. The maximum Gasteiger partial charge on any atom is 0.333 e. The molecule has 0 radical (unpaired) electrons. The Kier molecular flexibility index (Phi) is 7.77. The SMILES string of the molecule is Cc1ccccc1OCc1csc(C(=O)c2cncnc2N[C@@H]2C[C@H](COS(N)(=O)=O)[C@@H](O)C2)c1. The minimum Gasteiger partial charge on any atom is -0.489 e. The van der Waals surface area contributed by atoms with Gasteiger partial charge in [0.1, 0.15) is 24.5 Å². The highest BCUT2D eigenvalue weighted by Gasteiger charge is 2.34. The predicted molar refractivity (Wildman–Crippen MR) is 130 cm³/mol. The number of ether oxygens (including phenoxy) is 1. The van der Waals surface area contributed by atoms with Crippen LogP contribution < -0.4 is 15.2 Å². The molecule has 2 aromatic heterocycles. The summed E-state index contributed by atoms with van der Waals surface area (Å²) in [5, 5.41) is 20.2. The molecule has 1 fully saturated rings. The third kappa shape index (κ3) is 6.61. The summed E-state index contributed by atoms with van der Waals surface area (Å²) in [4.78, 5) is 22.0. The lowest BCUT2D eigenvalue weighted by atomic mass is 10.1. The monoisotopic (exact) mass is 518 g/mol. The maximum absolute atomic E-state index is 13.2. The van der Waals surface area contributed by atoms with Crippen LogP contribution in [0.25, 0.3) is 0 Å². The van der Waals surface area contributed by atoms with Gasteiger partial charge in [-0.15, -0.1) is 11.3 Å². The Balaban J connectivity index is 1.41. The van der Waals surface area contributed by atoms with Crippen molar-refractivity contribution >= 4 is 33.2 Å². The third-order valence-electron chi connectivity index (χ3n) is 5.77. The van der Waals surface area contributed by atoms with E-state index in [1.807, 2.05) is 36.6 Å². The molecule has 1 aliphatic rings. The van der Waals surface area contributed by atoms with Gasteiger partial charge in [0, 0.05) is 23.7 Å². The number of ketones is 1. The smallest absolute Gasteiger partial charge is 0.333 e. The van der Waals surface area contributed by atoms with E-state index in [-0.39, 0.29) is 18.4 Å². The standard InChI is InChI=1S/C23H26N4O6S2/c1-14-4-2-3-5-20(14)32-10-15-6-21(34-12-15)22(29)18-9-25-13-26-23(18)27-17-7-16(19(28)8-17)11-33-35(24,30)31/h2-6,9,12-13,16-17,19,28H,7-8,10-11H2,1H3,(H2,24,30,31)(H,25,26,27)/t16-,17-,19+/m1/s1. The highest BCUT2D eigenvalue weighted by molar-refractivity contribution is 7.84. The molecule has 0 amide bonds. The fourth-order valence-electron chi connectivity index (χ4n) is 3.97. The molecule has 0 unspecified atom stereocenters. The molecule has 4 rings (SSSR count). The summed E-state index contributed by atoms with van der Waals surface area (Å²) in [6.07, 6.45) is 2.78. The fraction of sp³-hybridized carbons (Fsp3) is 0.348. The van der Waals surface area contributed by atoms with Gasteiger partial charge in [0.25, 0.3) is 0 Å². The van der Waals surface area contributed by atoms with E-state index >= 15 is 0 Å². The molecule has 186 valence electrons. The molecule has 1 aliphatic carbocycles. The van der Waals surface area contributed by atoms with Gasteiger partial charge in [-0.25, -0.2) is 15.1 Å². The second-order valence-electron chi connectivity index (χ2n) is 8.40. The van der Waals surface area contributed by atoms with Crippen LogP contribution in [0.2, 0.25) is 0 Å². The number of carbonyl (C=O) groups excluding carboxylic acids is 1. The number of thiophene rings is 1. The van der Waals surface area contributed by atoms with Crippen LogP contribution in [-0.2, 0) is 21.1 Å². The minimum absolute atomic E-state index is 0.212. The Bertz CT molecular complexity index is 1300. The number of aliphatic hydroxyl groups excluding tert-OH is 1. The molecule has 12 heteroatoms. The summed E-state index contributed by atoms with van der Waals surface area (Å²) in [5.41, 5.74) is 2.22. The topological polar surface area (TPSA) is 154 Å². The largest absolute Gasteiger partial charge is 0.489 e. The summed E-state index contributed by atoms with van der Waals surface area (Å²) in [7, 11) is -4.08. The van der Waals surface area contributed by atoms with Gasteiger partial charge in [-0.2, -0.15) is 8.42 Å². The molecule has 0 aliphatic heterocycles. The molecule has 3 atom stereocenters. The van der Waals surface area contributed by atoms with Crippen molar-refractivity contribution in [2.24, 2.45) is 11.1 Å². The first-order valence-electron chi connectivity index (χ1n) is 10.9. The first-order chi connectivity index (χ1) is 16.7. The number of hydrogen-bond donors (Lipinski definition) is 3. The average Bonchev–Trinajstić information content (AvgIpc) is 3.43. The van der Waals surface area contributed by atoms with Crippen LogP contribution in [0, 0.1) is 12.8 Å². The van der Waals surface area contributed by atoms with Crippen LogP contribution in [0.5, 0.6) is 5.75 Å². The number of nitrogens with one attached hydrogen (secondary N) is 1. The van der Waals surface area contributed by atoms with E-state index in [4.69, 9.17) is 9.88 Å². The summed E-state index contributed by atoms with van der Waals surface area (Å²) >= 11 is 1.31. The molecule has 4 N–H and O–H groups in total. The highest BCUT2D eigenvalue weighted by atomic mass is 32.2. The van der Waals surface area contributed by atoms with Crippen LogP contribution in [0.1, 0.15) is 39.2 Å². The molecule has 3 aromatic rings. The fourth-order valence-corrected chi connectivity index (χ4v) is 5.18. The number of rotatable bonds is 10. The zero-order chi connectivity index (χ0) is 25.0. The van der Waals surface area contributed by atoms with Crippen molar-refractivity contribution in [2.45, 2.75) is 38.5 Å². The van der Waals surface area contributed by atoms with Crippen molar-refractivity contribution in [1.29, 1.82) is 0 Å². The molecule has 1 saturated carbocycles. The number of anilines is 1. The van der Waals surface area contributed by atoms with E-state index < -0.39 is 22.3 Å². The number of aromatic nitrogens is 2. The summed E-state index contributed by atoms with van der Waals surface area (Å²) < 4.78 is 32.6. The minimum atomic E-state index is -4.08. The Labute approximate surface area is 207 Å². The average molecular weight is 519 g/mol. The van der Waals surface area contributed by atoms with Gasteiger partial charge in [-0.3, -0.25) is 8.98 Å². The van der Waals surface area contributed by atoms with Gasteiger partial charge in [-0.05, 0) is 42.8 Å². The van der Waals surface area contributed by atoms with Gasteiger partial charge in [-0.1, -0.05) is 18.2 Å². The summed E-state index contributed by atoms with van der Waals surface area (Å²) in [6.45, 7) is 2.10. The second kappa shape index (κ2) is 10.8. The van der Waals surface area contributed by atoms with E-state index in [1.54, 1.807) is 6.07 Å². The van der Waals surface area contributed by atoms with Crippen LogP contribution in [0.15, 0.2) is 48.2 Å².